The summed E-state index contributed by atoms with van der Waals surface area (Å²) in [6.45, 7) is 4.06. The van der Waals surface area contributed by atoms with Crippen LogP contribution in [0.5, 0.6) is 0 Å². The number of hydrogen-bond acceptors (Lipinski definition) is 4. The zero-order valence-corrected chi connectivity index (χ0v) is 16.9. The number of benzene rings is 2. The lowest BCUT2D eigenvalue weighted by molar-refractivity contribution is -0.118. The largest absolute Gasteiger partial charge is 0.325 e. The lowest BCUT2D eigenvalue weighted by atomic mass is 9.95. The van der Waals surface area contributed by atoms with E-state index >= 15 is 0 Å². The van der Waals surface area contributed by atoms with Gasteiger partial charge in [-0.15, -0.1) is 12.4 Å². The fourth-order valence-electron chi connectivity index (χ4n) is 2.96. The zero-order valence-electron chi connectivity index (χ0n) is 15.3. The average Bonchev–Trinajstić information content (AvgIpc) is 2.63. The summed E-state index contributed by atoms with van der Waals surface area (Å²) in [4.78, 5) is 12.6. The van der Waals surface area contributed by atoms with Gasteiger partial charge in [-0.1, -0.05) is 24.3 Å². The minimum absolute atomic E-state index is 0. The molecule has 0 radical (unpaired) electrons. The monoisotopic (exact) mass is 409 g/mol. The summed E-state index contributed by atoms with van der Waals surface area (Å²) < 4.78 is 25.9. The quantitative estimate of drug-likeness (QED) is 0.708. The lowest BCUT2D eigenvalue weighted by Gasteiger charge is -2.25. The third-order valence-corrected chi connectivity index (χ3v) is 5.83. The molecular formula is C19H24ClN3O3S. The predicted octanol–water partition coefficient (Wildman–Crippen LogP) is 2.83. The van der Waals surface area contributed by atoms with Gasteiger partial charge in [-0.05, 0) is 55.2 Å². The van der Waals surface area contributed by atoms with Crippen molar-refractivity contribution in [1.29, 1.82) is 0 Å². The fraction of sp³-hybridized carbons (Fsp3) is 0.316. The number of nitrogens with one attached hydrogen (secondary N) is 3. The van der Waals surface area contributed by atoms with E-state index in [9.17, 15) is 13.2 Å². The molecule has 0 aliphatic carbocycles. The maximum absolute atomic E-state index is 12.6. The van der Waals surface area contributed by atoms with E-state index in [0.717, 1.165) is 5.56 Å². The van der Waals surface area contributed by atoms with Crippen LogP contribution in [-0.2, 0) is 27.8 Å². The molecule has 146 valence electrons. The van der Waals surface area contributed by atoms with Gasteiger partial charge >= 0.3 is 0 Å². The first-order chi connectivity index (χ1) is 12.4. The van der Waals surface area contributed by atoms with E-state index in [-0.39, 0.29) is 30.1 Å². The summed E-state index contributed by atoms with van der Waals surface area (Å²) in [5, 5.41) is 6.16. The van der Waals surface area contributed by atoms with Gasteiger partial charge in [0.25, 0.3) is 0 Å². The Bertz CT molecular complexity index is 932. The summed E-state index contributed by atoms with van der Waals surface area (Å²) in [6, 6.07) is 12.9. The normalized spacial score (nSPS) is 16.0. The molecule has 1 aliphatic heterocycles. The molecule has 1 atom stereocenters. The number of fused-ring (bicyclic) bond motifs is 1. The van der Waals surface area contributed by atoms with Crippen molar-refractivity contribution in [2.75, 3.05) is 15.8 Å². The Balaban J connectivity index is 0.00000261. The minimum atomic E-state index is -3.32. The molecule has 1 unspecified atom stereocenters. The molecule has 6 nitrogen and oxygen atoms in total. The summed E-state index contributed by atoms with van der Waals surface area (Å²) in [5.74, 6) is -0.0828. The van der Waals surface area contributed by atoms with Crippen molar-refractivity contribution in [3.8, 4) is 0 Å². The van der Waals surface area contributed by atoms with Crippen LogP contribution in [0.2, 0.25) is 0 Å². The first-order valence-electron chi connectivity index (χ1n) is 8.60. The number of rotatable bonds is 5. The highest BCUT2D eigenvalue weighted by Gasteiger charge is 2.24. The van der Waals surface area contributed by atoms with E-state index in [0.29, 0.717) is 24.3 Å². The number of carbonyl (C=O) groups excluding carboxylic acids is 1. The van der Waals surface area contributed by atoms with Crippen LogP contribution in [0.15, 0.2) is 42.5 Å². The standard InChI is InChI=1S/C19H23N3O3S.ClH/c1-3-26(24,25)22-17-9-8-16(10-13(17)2)21-19(23)18-11-14-6-4-5-7-15(14)12-20-18;/h4-10,18,20,22H,3,11-12H2,1-2H3,(H,21,23);1H. The second-order valence-corrected chi connectivity index (χ2v) is 8.44. The number of hydrogen-bond donors (Lipinski definition) is 3. The topological polar surface area (TPSA) is 87.3 Å². The molecule has 3 N–H and O–H groups in total. The van der Waals surface area contributed by atoms with Gasteiger partial charge in [-0.25, -0.2) is 8.42 Å². The molecule has 8 heteroatoms. The Kier molecular flexibility index (Phi) is 6.86. The second kappa shape index (κ2) is 8.73. The highest BCUT2D eigenvalue weighted by Crippen LogP contribution is 2.22. The van der Waals surface area contributed by atoms with E-state index in [1.165, 1.54) is 11.1 Å². The van der Waals surface area contributed by atoms with Gasteiger partial charge in [0.05, 0.1) is 17.5 Å². The summed E-state index contributed by atoms with van der Waals surface area (Å²) in [7, 11) is -3.32. The summed E-state index contributed by atoms with van der Waals surface area (Å²) in [5.41, 5.74) is 4.33. The number of amides is 1. The fourth-order valence-corrected chi connectivity index (χ4v) is 3.67. The Morgan fingerprint density at radius 1 is 1.19 bits per heavy atom. The van der Waals surface area contributed by atoms with Crippen molar-refractivity contribution < 1.29 is 13.2 Å². The van der Waals surface area contributed by atoms with E-state index in [4.69, 9.17) is 0 Å². The van der Waals surface area contributed by atoms with Crippen LogP contribution < -0.4 is 15.4 Å². The highest BCUT2D eigenvalue weighted by molar-refractivity contribution is 7.92. The van der Waals surface area contributed by atoms with Crippen LogP contribution in [0.4, 0.5) is 11.4 Å². The van der Waals surface area contributed by atoms with Crippen molar-refractivity contribution in [1.82, 2.24) is 5.32 Å². The first kappa shape index (κ1) is 21.2. The zero-order chi connectivity index (χ0) is 18.7. The number of sulfonamides is 1. The predicted molar refractivity (Wildman–Crippen MR) is 111 cm³/mol. The summed E-state index contributed by atoms with van der Waals surface area (Å²) in [6.07, 6.45) is 0.648. The van der Waals surface area contributed by atoms with Crippen LogP contribution in [0, 0.1) is 6.92 Å². The second-order valence-electron chi connectivity index (χ2n) is 6.43. The number of carbonyl (C=O) groups is 1. The smallest absolute Gasteiger partial charge is 0.241 e. The number of halogens is 1. The van der Waals surface area contributed by atoms with Crippen molar-refractivity contribution >= 4 is 39.7 Å². The SMILES string of the molecule is CCS(=O)(=O)Nc1ccc(NC(=O)C2Cc3ccccc3CN2)cc1C.Cl. The van der Waals surface area contributed by atoms with Gasteiger partial charge in [-0.2, -0.15) is 0 Å². The molecule has 0 fully saturated rings. The van der Waals surface area contributed by atoms with E-state index in [1.54, 1.807) is 32.0 Å². The molecule has 0 saturated heterocycles. The third kappa shape index (κ3) is 5.22. The van der Waals surface area contributed by atoms with Crippen molar-refractivity contribution in [2.45, 2.75) is 32.9 Å². The highest BCUT2D eigenvalue weighted by atomic mass is 35.5. The van der Waals surface area contributed by atoms with Crippen molar-refractivity contribution in [3.63, 3.8) is 0 Å². The van der Waals surface area contributed by atoms with E-state index in [2.05, 4.69) is 27.5 Å². The molecule has 1 amide bonds. The van der Waals surface area contributed by atoms with Crippen molar-refractivity contribution in [3.05, 3.63) is 59.2 Å². The molecule has 2 aromatic carbocycles. The number of aryl methyl sites for hydroxylation is 1. The molecule has 0 bridgehead atoms. The maximum atomic E-state index is 12.6. The van der Waals surface area contributed by atoms with E-state index in [1.807, 2.05) is 12.1 Å². The molecule has 1 aliphatic rings. The van der Waals surface area contributed by atoms with E-state index < -0.39 is 10.0 Å². The molecule has 0 aromatic heterocycles. The first-order valence-corrected chi connectivity index (χ1v) is 10.3. The molecule has 1 heterocycles. The molecule has 0 spiro atoms. The molecule has 3 rings (SSSR count). The van der Waals surface area contributed by atoms with Crippen LogP contribution >= 0.6 is 12.4 Å². The molecule has 27 heavy (non-hydrogen) atoms. The molecule has 0 saturated carbocycles. The Hall–Kier alpha value is -2.09. The van der Waals surface area contributed by atoms with Crippen LogP contribution in [0.1, 0.15) is 23.6 Å². The van der Waals surface area contributed by atoms with Crippen LogP contribution in [0.25, 0.3) is 0 Å². The Morgan fingerprint density at radius 3 is 2.56 bits per heavy atom. The maximum Gasteiger partial charge on any atom is 0.241 e. The van der Waals surface area contributed by atoms with Gasteiger partial charge in [0.1, 0.15) is 0 Å². The average molecular weight is 410 g/mol. The summed E-state index contributed by atoms with van der Waals surface area (Å²) >= 11 is 0. The Morgan fingerprint density at radius 2 is 1.89 bits per heavy atom. The van der Waals surface area contributed by atoms with Crippen molar-refractivity contribution in [2.24, 2.45) is 0 Å². The van der Waals surface area contributed by atoms with Gasteiger partial charge < -0.3 is 10.6 Å². The van der Waals surface area contributed by atoms with Crippen LogP contribution in [-0.4, -0.2) is 26.1 Å². The third-order valence-electron chi connectivity index (χ3n) is 4.54. The van der Waals surface area contributed by atoms with Gasteiger partial charge in [0.2, 0.25) is 15.9 Å². The Labute approximate surface area is 166 Å². The van der Waals surface area contributed by atoms with Gasteiger partial charge in [-0.3, -0.25) is 9.52 Å². The molecular weight excluding hydrogens is 386 g/mol. The van der Waals surface area contributed by atoms with Crippen LogP contribution in [0.3, 0.4) is 0 Å². The number of anilines is 2. The van der Waals surface area contributed by atoms with Gasteiger partial charge in [0, 0.05) is 12.2 Å². The lowest BCUT2D eigenvalue weighted by Crippen LogP contribution is -2.44. The van der Waals surface area contributed by atoms with Gasteiger partial charge in [0.15, 0.2) is 0 Å². The molecule has 2 aromatic rings. The minimum Gasteiger partial charge on any atom is -0.325 e.